The summed E-state index contributed by atoms with van der Waals surface area (Å²) in [6.07, 6.45) is 2.40. The van der Waals surface area contributed by atoms with Crippen LogP contribution >= 0.6 is 0 Å². The van der Waals surface area contributed by atoms with E-state index in [1.54, 1.807) is 0 Å². The minimum atomic E-state index is 0.428. The topological polar surface area (TPSA) is 27.7 Å². The van der Waals surface area contributed by atoms with Crippen molar-refractivity contribution in [3.8, 4) is 0 Å². The highest BCUT2D eigenvalue weighted by molar-refractivity contribution is 4.90. The first-order chi connectivity index (χ1) is 8.65. The van der Waals surface area contributed by atoms with E-state index in [0.717, 1.165) is 19.8 Å². The summed E-state index contributed by atoms with van der Waals surface area (Å²) in [5, 5.41) is 3.40. The molecule has 0 aromatic carbocycles. The third-order valence-corrected chi connectivity index (χ3v) is 4.61. The molecule has 2 aliphatic heterocycles. The van der Waals surface area contributed by atoms with Crippen LogP contribution in [0.25, 0.3) is 0 Å². The van der Waals surface area contributed by atoms with E-state index in [1.807, 2.05) is 0 Å². The lowest BCUT2D eigenvalue weighted by atomic mass is 9.79. The van der Waals surface area contributed by atoms with E-state index in [9.17, 15) is 0 Å². The van der Waals surface area contributed by atoms with Gasteiger partial charge < -0.3 is 15.0 Å². The number of ether oxygens (including phenoxy) is 1. The third kappa shape index (κ3) is 3.44. The molecule has 1 N–H and O–H groups in total. The van der Waals surface area contributed by atoms with E-state index in [4.69, 9.17) is 4.74 Å². The van der Waals surface area contributed by atoms with Gasteiger partial charge in [0.05, 0.1) is 0 Å². The maximum atomic E-state index is 5.55. The van der Waals surface area contributed by atoms with Crippen molar-refractivity contribution in [1.82, 2.24) is 15.1 Å². The van der Waals surface area contributed by atoms with Crippen molar-refractivity contribution >= 4 is 0 Å². The molecule has 0 saturated carbocycles. The molecule has 2 heterocycles. The molecule has 0 aromatic rings. The van der Waals surface area contributed by atoms with Gasteiger partial charge in [-0.25, -0.2) is 0 Å². The first kappa shape index (κ1) is 14.3. The smallest absolute Gasteiger partial charge is 0.0472 e. The molecule has 2 saturated heterocycles. The number of piperazine rings is 1. The van der Waals surface area contributed by atoms with Crippen molar-refractivity contribution < 1.29 is 4.74 Å². The van der Waals surface area contributed by atoms with E-state index in [0.29, 0.717) is 11.5 Å². The summed E-state index contributed by atoms with van der Waals surface area (Å²) in [6, 6.07) is 0.681. The van der Waals surface area contributed by atoms with Crippen LogP contribution in [0.2, 0.25) is 0 Å². The SMILES string of the molecule is CNCC1(CN2CCN(C)CC2C)CCOCC1. The zero-order valence-electron chi connectivity index (χ0n) is 12.2. The molecule has 1 atom stereocenters. The predicted octanol–water partition coefficient (Wildman–Crippen LogP) is 0.639. The van der Waals surface area contributed by atoms with Gasteiger partial charge in [0.2, 0.25) is 0 Å². The number of nitrogens with one attached hydrogen (secondary N) is 1. The normalized spacial score (nSPS) is 30.5. The number of likely N-dealkylation sites (N-methyl/N-ethyl adjacent to an activating group) is 1. The highest BCUT2D eigenvalue weighted by Gasteiger charge is 2.36. The molecule has 2 aliphatic rings. The van der Waals surface area contributed by atoms with Crippen LogP contribution in [0.3, 0.4) is 0 Å². The Bertz CT molecular complexity index is 248. The quantitative estimate of drug-likeness (QED) is 0.798. The highest BCUT2D eigenvalue weighted by Crippen LogP contribution is 2.32. The molecule has 0 bridgehead atoms. The molecule has 0 aromatic heterocycles. The van der Waals surface area contributed by atoms with E-state index in [2.05, 4.69) is 36.1 Å². The molecule has 2 fully saturated rings. The standard InChI is InChI=1S/C14H29N3O/c1-13-10-16(3)6-7-17(13)12-14(11-15-2)4-8-18-9-5-14/h13,15H,4-12H2,1-3H3. The molecule has 0 aliphatic carbocycles. The molecule has 18 heavy (non-hydrogen) atoms. The van der Waals surface area contributed by atoms with Crippen LogP contribution in [0.5, 0.6) is 0 Å². The Morgan fingerprint density at radius 3 is 2.61 bits per heavy atom. The second-order valence-electron chi connectivity index (χ2n) is 6.22. The number of nitrogens with zero attached hydrogens (tertiary/aromatic N) is 2. The van der Waals surface area contributed by atoms with Gasteiger partial charge in [0.15, 0.2) is 0 Å². The summed E-state index contributed by atoms with van der Waals surface area (Å²) in [4.78, 5) is 5.12. The van der Waals surface area contributed by atoms with E-state index >= 15 is 0 Å². The molecule has 4 nitrogen and oxygen atoms in total. The van der Waals surface area contributed by atoms with Crippen LogP contribution in [0, 0.1) is 5.41 Å². The summed E-state index contributed by atoms with van der Waals surface area (Å²) in [6.45, 7) is 10.2. The Hall–Kier alpha value is -0.160. The van der Waals surface area contributed by atoms with Crippen LogP contribution in [-0.2, 0) is 4.74 Å². The van der Waals surface area contributed by atoms with Gasteiger partial charge in [-0.15, -0.1) is 0 Å². The van der Waals surface area contributed by atoms with Crippen LogP contribution in [0.15, 0.2) is 0 Å². The van der Waals surface area contributed by atoms with Gasteiger partial charge in [-0.05, 0) is 39.3 Å². The van der Waals surface area contributed by atoms with Gasteiger partial charge in [0.1, 0.15) is 0 Å². The second-order valence-corrected chi connectivity index (χ2v) is 6.22. The molecule has 106 valence electrons. The molecule has 0 spiro atoms. The first-order valence-electron chi connectivity index (χ1n) is 7.30. The third-order valence-electron chi connectivity index (χ3n) is 4.61. The predicted molar refractivity (Wildman–Crippen MR) is 74.9 cm³/mol. The Kier molecular flexibility index (Phi) is 5.01. The van der Waals surface area contributed by atoms with Crippen molar-refractivity contribution in [3.05, 3.63) is 0 Å². The van der Waals surface area contributed by atoms with Gasteiger partial charge in [-0.1, -0.05) is 0 Å². The lowest BCUT2D eigenvalue weighted by Gasteiger charge is -2.46. The summed E-state index contributed by atoms with van der Waals surface area (Å²) >= 11 is 0. The Balaban J connectivity index is 1.95. The van der Waals surface area contributed by atoms with Gasteiger partial charge in [0, 0.05) is 52.0 Å². The average molecular weight is 255 g/mol. The lowest BCUT2D eigenvalue weighted by Crippen LogP contribution is -2.55. The minimum absolute atomic E-state index is 0.428. The van der Waals surface area contributed by atoms with Crippen LogP contribution in [0.4, 0.5) is 0 Å². The molecule has 2 rings (SSSR count). The Morgan fingerprint density at radius 1 is 1.28 bits per heavy atom. The van der Waals surface area contributed by atoms with Crippen molar-refractivity contribution in [2.24, 2.45) is 5.41 Å². The van der Waals surface area contributed by atoms with Crippen LogP contribution in [0.1, 0.15) is 19.8 Å². The van der Waals surface area contributed by atoms with Crippen LogP contribution in [-0.4, -0.2) is 75.9 Å². The average Bonchev–Trinajstić information content (AvgIpc) is 2.34. The summed E-state index contributed by atoms with van der Waals surface area (Å²) in [5.41, 5.74) is 0.428. The fraction of sp³-hybridized carbons (Fsp3) is 1.00. The van der Waals surface area contributed by atoms with Gasteiger partial charge in [-0.3, -0.25) is 4.90 Å². The Labute approximate surface area is 112 Å². The fourth-order valence-electron chi connectivity index (χ4n) is 3.41. The van der Waals surface area contributed by atoms with Gasteiger partial charge in [-0.2, -0.15) is 0 Å². The Morgan fingerprint density at radius 2 is 2.00 bits per heavy atom. The first-order valence-corrected chi connectivity index (χ1v) is 7.30. The number of hydrogen-bond acceptors (Lipinski definition) is 4. The van der Waals surface area contributed by atoms with E-state index in [-0.39, 0.29) is 0 Å². The van der Waals surface area contributed by atoms with Crippen molar-refractivity contribution in [2.45, 2.75) is 25.8 Å². The molecule has 0 radical (unpaired) electrons. The molecule has 1 unspecified atom stereocenters. The molecular weight excluding hydrogens is 226 g/mol. The molecule has 0 amide bonds. The summed E-state index contributed by atoms with van der Waals surface area (Å²) < 4.78 is 5.55. The van der Waals surface area contributed by atoms with Crippen molar-refractivity contribution in [1.29, 1.82) is 0 Å². The zero-order valence-corrected chi connectivity index (χ0v) is 12.2. The van der Waals surface area contributed by atoms with E-state index < -0.39 is 0 Å². The molecular formula is C14H29N3O. The summed E-state index contributed by atoms with van der Waals surface area (Å²) in [7, 11) is 4.30. The monoisotopic (exact) mass is 255 g/mol. The number of rotatable bonds is 4. The zero-order chi connectivity index (χ0) is 13.0. The van der Waals surface area contributed by atoms with Crippen molar-refractivity contribution in [3.63, 3.8) is 0 Å². The maximum absolute atomic E-state index is 5.55. The van der Waals surface area contributed by atoms with Crippen molar-refractivity contribution in [2.75, 3.05) is 60.0 Å². The highest BCUT2D eigenvalue weighted by atomic mass is 16.5. The largest absolute Gasteiger partial charge is 0.381 e. The second kappa shape index (κ2) is 6.33. The van der Waals surface area contributed by atoms with E-state index in [1.165, 1.54) is 39.0 Å². The van der Waals surface area contributed by atoms with Crippen LogP contribution < -0.4 is 5.32 Å². The summed E-state index contributed by atoms with van der Waals surface area (Å²) in [5.74, 6) is 0. The number of hydrogen-bond donors (Lipinski definition) is 1. The van der Waals surface area contributed by atoms with Gasteiger partial charge in [0.25, 0.3) is 0 Å². The fourth-order valence-corrected chi connectivity index (χ4v) is 3.41. The molecule has 4 heteroatoms. The van der Waals surface area contributed by atoms with Gasteiger partial charge >= 0.3 is 0 Å². The maximum Gasteiger partial charge on any atom is 0.0472 e. The lowest BCUT2D eigenvalue weighted by molar-refractivity contribution is -0.0211. The minimum Gasteiger partial charge on any atom is -0.381 e.